The highest BCUT2D eigenvalue weighted by molar-refractivity contribution is 9.09. The van der Waals surface area contributed by atoms with E-state index in [0.717, 1.165) is 5.56 Å². The molecule has 0 aliphatic carbocycles. The van der Waals surface area contributed by atoms with Gasteiger partial charge in [0.15, 0.2) is 0 Å². The predicted octanol–water partition coefficient (Wildman–Crippen LogP) is 2.45. The third-order valence-electron chi connectivity index (χ3n) is 1.50. The lowest BCUT2D eigenvalue weighted by Gasteiger charge is -2.05. The maximum absolute atomic E-state index is 11.4. The highest BCUT2D eigenvalue weighted by Crippen LogP contribution is 2.20. The maximum Gasteiger partial charge on any atom is 0.266 e. The first kappa shape index (κ1) is 11.0. The summed E-state index contributed by atoms with van der Waals surface area (Å²) in [6.45, 7) is 1.88. The van der Waals surface area contributed by atoms with Crippen molar-refractivity contribution in [1.29, 1.82) is 0 Å². The Kier molecular flexibility index (Phi) is 3.34. The molecule has 0 aliphatic heterocycles. The molecule has 1 aromatic rings. The summed E-state index contributed by atoms with van der Waals surface area (Å²) < 4.78 is 23.3. The summed E-state index contributed by atoms with van der Waals surface area (Å²) in [5.41, 5.74) is 0.995. The van der Waals surface area contributed by atoms with Gasteiger partial charge >= 0.3 is 0 Å². The van der Waals surface area contributed by atoms with Crippen molar-refractivity contribution in [3.63, 3.8) is 0 Å². The molecule has 6 heteroatoms. The van der Waals surface area contributed by atoms with Crippen molar-refractivity contribution in [3.05, 3.63) is 29.8 Å². The zero-order valence-corrected chi connectivity index (χ0v) is 9.90. The Labute approximate surface area is 90.8 Å². The fourth-order valence-electron chi connectivity index (χ4n) is 0.790. The van der Waals surface area contributed by atoms with E-state index in [0.29, 0.717) is 2.85 Å². The molecule has 3 nitrogen and oxygen atoms in total. The van der Waals surface area contributed by atoms with Crippen LogP contribution in [0.2, 0.25) is 0 Å². The van der Waals surface area contributed by atoms with Crippen molar-refractivity contribution < 1.29 is 8.42 Å². The molecule has 0 amide bonds. The van der Waals surface area contributed by atoms with E-state index in [1.165, 1.54) is 12.1 Å². The van der Waals surface area contributed by atoms with Gasteiger partial charge in [-0.3, -0.25) is 0 Å². The Morgan fingerprint density at radius 3 is 2.15 bits per heavy atom. The maximum atomic E-state index is 11.4. The van der Waals surface area contributed by atoms with E-state index in [4.69, 9.17) is 11.8 Å². The first-order valence-electron chi connectivity index (χ1n) is 3.38. The van der Waals surface area contributed by atoms with Gasteiger partial charge in [0.2, 0.25) is 0 Å². The van der Waals surface area contributed by atoms with Crippen LogP contribution in [-0.2, 0) is 10.0 Å². The van der Waals surface area contributed by atoms with Gasteiger partial charge in [-0.15, -0.1) is 0 Å². The van der Waals surface area contributed by atoms with Gasteiger partial charge in [0.25, 0.3) is 10.0 Å². The average molecular weight is 285 g/mol. The summed E-state index contributed by atoms with van der Waals surface area (Å²) in [5.74, 6) is 0. The van der Waals surface area contributed by atoms with Crippen LogP contribution in [-0.4, -0.2) is 11.3 Å². The van der Waals surface area contributed by atoms with Gasteiger partial charge in [-0.05, 0) is 21.9 Å². The SMILES string of the molecule is Cc1ccc(S(=O)(=O)N(Cl)Br)cc1. The molecule has 0 aromatic heterocycles. The van der Waals surface area contributed by atoms with Crippen molar-refractivity contribution in [1.82, 2.24) is 2.85 Å². The van der Waals surface area contributed by atoms with Gasteiger partial charge in [-0.1, -0.05) is 17.7 Å². The van der Waals surface area contributed by atoms with Gasteiger partial charge < -0.3 is 0 Å². The number of halogens is 2. The second-order valence-electron chi connectivity index (χ2n) is 2.49. The van der Waals surface area contributed by atoms with E-state index in [1.54, 1.807) is 12.1 Å². The largest absolute Gasteiger partial charge is 0.266 e. The highest BCUT2D eigenvalue weighted by Gasteiger charge is 2.19. The monoisotopic (exact) mass is 283 g/mol. The predicted molar refractivity (Wildman–Crippen MR) is 55.0 cm³/mol. The molecule has 0 spiro atoms. The van der Waals surface area contributed by atoms with Gasteiger partial charge in [0.1, 0.15) is 0 Å². The Hall–Kier alpha value is -0.100. The first-order chi connectivity index (χ1) is 5.94. The molecule has 0 aliphatic rings. The van der Waals surface area contributed by atoms with Crippen LogP contribution in [0.25, 0.3) is 0 Å². The fourth-order valence-corrected chi connectivity index (χ4v) is 2.17. The number of hydrogen-bond donors (Lipinski definition) is 0. The van der Waals surface area contributed by atoms with Crippen molar-refractivity contribution in [3.8, 4) is 0 Å². The van der Waals surface area contributed by atoms with Crippen LogP contribution in [0.1, 0.15) is 5.56 Å². The molecule has 0 atom stereocenters. The van der Waals surface area contributed by atoms with Crippen molar-refractivity contribution in [2.45, 2.75) is 11.8 Å². The van der Waals surface area contributed by atoms with Crippen LogP contribution in [0.5, 0.6) is 0 Å². The fraction of sp³-hybridized carbons (Fsp3) is 0.143. The number of nitrogens with zero attached hydrogens (tertiary/aromatic N) is 1. The molecule has 0 saturated carbocycles. The van der Waals surface area contributed by atoms with Crippen LogP contribution in [0.3, 0.4) is 0 Å². The zero-order valence-electron chi connectivity index (χ0n) is 6.74. The minimum Gasteiger partial charge on any atom is -0.205 e. The Morgan fingerprint density at radius 2 is 1.77 bits per heavy atom. The van der Waals surface area contributed by atoms with Crippen LogP contribution in [0, 0.1) is 6.92 Å². The molecule has 13 heavy (non-hydrogen) atoms. The molecule has 0 saturated heterocycles. The van der Waals surface area contributed by atoms with Crippen LogP contribution < -0.4 is 0 Å². The first-order valence-corrected chi connectivity index (χ1v) is 5.87. The van der Waals surface area contributed by atoms with E-state index >= 15 is 0 Å². The summed E-state index contributed by atoms with van der Waals surface area (Å²) in [4.78, 5) is 0.157. The smallest absolute Gasteiger partial charge is 0.205 e. The van der Waals surface area contributed by atoms with Crippen LogP contribution in [0.15, 0.2) is 29.2 Å². The van der Waals surface area contributed by atoms with Gasteiger partial charge in [0, 0.05) is 27.9 Å². The Bertz CT molecular complexity index is 387. The molecule has 0 bridgehead atoms. The van der Waals surface area contributed by atoms with Gasteiger partial charge in [0.05, 0.1) is 4.90 Å². The molecule has 1 aromatic carbocycles. The molecule has 0 unspecified atom stereocenters. The third kappa shape index (κ3) is 2.43. The van der Waals surface area contributed by atoms with E-state index in [2.05, 4.69) is 16.1 Å². The normalized spacial score (nSPS) is 12.0. The van der Waals surface area contributed by atoms with Gasteiger partial charge in [-0.25, -0.2) is 8.42 Å². The summed E-state index contributed by atoms with van der Waals surface area (Å²) >= 11 is 7.97. The average Bonchev–Trinajstić information content (AvgIpc) is 2.04. The van der Waals surface area contributed by atoms with E-state index < -0.39 is 10.0 Å². The lowest BCUT2D eigenvalue weighted by molar-refractivity contribution is 0.582. The standard InChI is InChI=1S/C7H7BrClNO2S/c1-6-2-4-7(5-3-6)13(11,12)10(8)9/h2-5H,1H3. The lowest BCUT2D eigenvalue weighted by Crippen LogP contribution is -2.11. The van der Waals surface area contributed by atoms with E-state index in [1.807, 2.05) is 6.92 Å². The summed E-state index contributed by atoms with van der Waals surface area (Å²) in [6.07, 6.45) is 0. The third-order valence-corrected chi connectivity index (χ3v) is 4.42. The molecule has 1 rings (SSSR count). The number of sulfonamides is 1. The van der Waals surface area contributed by atoms with Crippen molar-refractivity contribution in [2.24, 2.45) is 0 Å². The highest BCUT2D eigenvalue weighted by atomic mass is 79.9. The topological polar surface area (TPSA) is 37.4 Å². The number of hydrogen-bond acceptors (Lipinski definition) is 2. The molecular weight excluding hydrogens is 278 g/mol. The lowest BCUT2D eigenvalue weighted by atomic mass is 10.2. The second-order valence-corrected chi connectivity index (χ2v) is 6.40. The summed E-state index contributed by atoms with van der Waals surface area (Å²) in [5, 5.41) is 0. The van der Waals surface area contributed by atoms with Crippen molar-refractivity contribution >= 4 is 37.9 Å². The van der Waals surface area contributed by atoms with Gasteiger partial charge in [-0.2, -0.15) is 0 Å². The van der Waals surface area contributed by atoms with E-state index in [9.17, 15) is 8.42 Å². The quantitative estimate of drug-likeness (QED) is 0.782. The van der Waals surface area contributed by atoms with Crippen LogP contribution in [0.4, 0.5) is 0 Å². The zero-order chi connectivity index (χ0) is 10.1. The number of benzene rings is 1. The minimum atomic E-state index is -3.58. The van der Waals surface area contributed by atoms with Crippen molar-refractivity contribution in [2.75, 3.05) is 0 Å². The van der Waals surface area contributed by atoms with E-state index in [-0.39, 0.29) is 4.90 Å². The molecule has 0 radical (unpaired) electrons. The summed E-state index contributed by atoms with van der Waals surface area (Å²) in [6, 6.07) is 6.42. The Balaban J connectivity index is 3.17. The Morgan fingerprint density at radius 1 is 1.31 bits per heavy atom. The minimum absolute atomic E-state index is 0.157. The second kappa shape index (κ2) is 3.96. The number of rotatable bonds is 2. The number of aryl methyl sites for hydroxylation is 1. The molecule has 0 fully saturated rings. The molecule has 0 N–H and O–H groups in total. The molecule has 0 heterocycles. The summed E-state index contributed by atoms with van der Waals surface area (Å²) in [7, 11) is -3.58. The molecule has 72 valence electrons. The van der Waals surface area contributed by atoms with Crippen LogP contribution >= 0.6 is 27.9 Å². The molecular formula is C7H7BrClNO2S.